The summed E-state index contributed by atoms with van der Waals surface area (Å²) >= 11 is 0. The van der Waals surface area contributed by atoms with Gasteiger partial charge in [-0.3, -0.25) is 9.78 Å². The first-order chi connectivity index (χ1) is 6.65. The number of rotatable bonds is 3. The first kappa shape index (κ1) is 9.19. The van der Waals surface area contributed by atoms with E-state index in [1.54, 1.807) is 24.5 Å². The normalized spacial score (nSPS) is 20.1. The molecular formula is C11H13NO2. The van der Waals surface area contributed by atoms with Crippen molar-refractivity contribution in [3.63, 3.8) is 0 Å². The summed E-state index contributed by atoms with van der Waals surface area (Å²) in [6.07, 6.45) is 5.34. The van der Waals surface area contributed by atoms with Crippen LogP contribution in [0.4, 0.5) is 0 Å². The zero-order valence-electron chi connectivity index (χ0n) is 8.10. The molecule has 1 fully saturated rings. The maximum absolute atomic E-state index is 11.3. The molecule has 74 valence electrons. The molecule has 0 radical (unpaired) electrons. The van der Waals surface area contributed by atoms with Crippen LogP contribution in [0.1, 0.15) is 25.3 Å². The second kappa shape index (κ2) is 3.08. The molecule has 0 spiro atoms. The van der Waals surface area contributed by atoms with Crippen molar-refractivity contribution in [3.05, 3.63) is 30.1 Å². The van der Waals surface area contributed by atoms with Gasteiger partial charge < -0.3 is 5.11 Å². The van der Waals surface area contributed by atoms with Crippen LogP contribution in [0.5, 0.6) is 0 Å². The smallest absolute Gasteiger partial charge is 0.314 e. The van der Waals surface area contributed by atoms with Crippen molar-refractivity contribution in [1.29, 1.82) is 0 Å². The number of carboxylic acid groups (broad SMARTS) is 1. The number of pyridine rings is 1. The van der Waals surface area contributed by atoms with Crippen LogP contribution in [-0.4, -0.2) is 16.1 Å². The molecule has 0 bridgehead atoms. The Balaban J connectivity index is 2.41. The third-order valence-electron chi connectivity index (χ3n) is 3.12. The predicted molar refractivity (Wildman–Crippen MR) is 51.9 cm³/mol. The second-order valence-electron chi connectivity index (χ2n) is 4.02. The SMILES string of the molecule is CC(C(=O)O)(c1ccncc1)C1CC1. The average molecular weight is 191 g/mol. The third-order valence-corrected chi connectivity index (χ3v) is 3.12. The second-order valence-corrected chi connectivity index (χ2v) is 4.02. The lowest BCUT2D eigenvalue weighted by Gasteiger charge is -2.24. The zero-order valence-corrected chi connectivity index (χ0v) is 8.10. The molecule has 14 heavy (non-hydrogen) atoms. The molecule has 0 amide bonds. The average Bonchev–Trinajstić information content (AvgIpc) is 3.01. The lowest BCUT2D eigenvalue weighted by Crippen LogP contribution is -2.34. The molecular weight excluding hydrogens is 178 g/mol. The molecule has 3 heteroatoms. The van der Waals surface area contributed by atoms with Crippen LogP contribution in [0.15, 0.2) is 24.5 Å². The number of aliphatic carboxylic acids is 1. The van der Waals surface area contributed by atoms with E-state index in [-0.39, 0.29) is 0 Å². The van der Waals surface area contributed by atoms with Crippen molar-refractivity contribution in [2.24, 2.45) is 5.92 Å². The maximum Gasteiger partial charge on any atom is 0.314 e. The lowest BCUT2D eigenvalue weighted by atomic mass is 9.78. The van der Waals surface area contributed by atoms with Crippen molar-refractivity contribution in [2.75, 3.05) is 0 Å². The number of carboxylic acids is 1. The fourth-order valence-corrected chi connectivity index (χ4v) is 1.89. The summed E-state index contributed by atoms with van der Waals surface area (Å²) in [6, 6.07) is 3.60. The van der Waals surface area contributed by atoms with E-state index < -0.39 is 11.4 Å². The Morgan fingerprint density at radius 1 is 1.50 bits per heavy atom. The standard InChI is InChI=1S/C11H13NO2/c1-11(10(13)14,8-2-3-8)9-4-6-12-7-5-9/h4-8H,2-3H2,1H3,(H,13,14). The number of aromatic nitrogens is 1. The van der Waals surface area contributed by atoms with Crippen LogP contribution in [0.2, 0.25) is 0 Å². The minimum atomic E-state index is -0.730. The summed E-state index contributed by atoms with van der Waals surface area (Å²) < 4.78 is 0. The van der Waals surface area contributed by atoms with Crippen LogP contribution < -0.4 is 0 Å². The molecule has 1 aromatic rings. The van der Waals surface area contributed by atoms with Gasteiger partial charge in [0, 0.05) is 12.4 Å². The van der Waals surface area contributed by atoms with Gasteiger partial charge >= 0.3 is 5.97 Å². The Hall–Kier alpha value is -1.38. The Morgan fingerprint density at radius 2 is 2.07 bits per heavy atom. The molecule has 2 rings (SSSR count). The largest absolute Gasteiger partial charge is 0.481 e. The summed E-state index contributed by atoms with van der Waals surface area (Å²) in [5.41, 5.74) is 0.144. The van der Waals surface area contributed by atoms with Gasteiger partial charge in [0.2, 0.25) is 0 Å². The molecule has 1 N–H and O–H groups in total. The van der Waals surface area contributed by atoms with E-state index in [4.69, 9.17) is 0 Å². The van der Waals surface area contributed by atoms with Gasteiger partial charge in [0.15, 0.2) is 0 Å². The highest BCUT2D eigenvalue weighted by Crippen LogP contribution is 2.47. The Morgan fingerprint density at radius 3 is 2.50 bits per heavy atom. The van der Waals surface area contributed by atoms with Gasteiger partial charge in [0.25, 0.3) is 0 Å². The quantitative estimate of drug-likeness (QED) is 0.793. The molecule has 1 unspecified atom stereocenters. The van der Waals surface area contributed by atoms with Crippen molar-refractivity contribution in [2.45, 2.75) is 25.2 Å². The van der Waals surface area contributed by atoms with Crippen LogP contribution in [-0.2, 0) is 10.2 Å². The molecule has 1 heterocycles. The zero-order chi connectivity index (χ0) is 10.2. The first-order valence-electron chi connectivity index (χ1n) is 4.79. The summed E-state index contributed by atoms with van der Waals surface area (Å²) in [5, 5.41) is 9.28. The van der Waals surface area contributed by atoms with E-state index >= 15 is 0 Å². The molecule has 1 aromatic heterocycles. The van der Waals surface area contributed by atoms with E-state index in [9.17, 15) is 9.90 Å². The maximum atomic E-state index is 11.3. The summed E-state index contributed by atoms with van der Waals surface area (Å²) in [7, 11) is 0. The van der Waals surface area contributed by atoms with Crippen molar-refractivity contribution < 1.29 is 9.90 Å². The fourth-order valence-electron chi connectivity index (χ4n) is 1.89. The van der Waals surface area contributed by atoms with Gasteiger partial charge in [0.05, 0.1) is 5.41 Å². The predicted octanol–water partition coefficient (Wildman–Crippen LogP) is 1.83. The van der Waals surface area contributed by atoms with Crippen LogP contribution in [0.25, 0.3) is 0 Å². The Bertz CT molecular complexity index is 346. The van der Waals surface area contributed by atoms with Gasteiger partial charge in [0.1, 0.15) is 0 Å². The van der Waals surface area contributed by atoms with E-state index in [2.05, 4.69) is 4.98 Å². The van der Waals surface area contributed by atoms with Crippen LogP contribution in [0.3, 0.4) is 0 Å². The molecule has 3 nitrogen and oxygen atoms in total. The number of carbonyl (C=O) groups is 1. The molecule has 0 aliphatic heterocycles. The topological polar surface area (TPSA) is 50.2 Å². The Labute approximate surface area is 82.8 Å². The molecule has 0 aromatic carbocycles. The van der Waals surface area contributed by atoms with Crippen LogP contribution in [0, 0.1) is 5.92 Å². The molecule has 1 aliphatic rings. The number of nitrogens with zero attached hydrogens (tertiary/aromatic N) is 1. The monoisotopic (exact) mass is 191 g/mol. The minimum Gasteiger partial charge on any atom is -0.481 e. The lowest BCUT2D eigenvalue weighted by molar-refractivity contribution is -0.144. The molecule has 1 aliphatic carbocycles. The van der Waals surface area contributed by atoms with Gasteiger partial charge in [-0.1, -0.05) is 0 Å². The van der Waals surface area contributed by atoms with E-state index in [1.165, 1.54) is 0 Å². The van der Waals surface area contributed by atoms with Crippen molar-refractivity contribution in [3.8, 4) is 0 Å². The van der Waals surface area contributed by atoms with Gasteiger partial charge in [-0.15, -0.1) is 0 Å². The summed E-state index contributed by atoms with van der Waals surface area (Å²) in [5.74, 6) is -0.436. The van der Waals surface area contributed by atoms with Gasteiger partial charge in [-0.05, 0) is 43.4 Å². The minimum absolute atomic E-state index is 0.294. The highest BCUT2D eigenvalue weighted by Gasteiger charge is 2.48. The summed E-state index contributed by atoms with van der Waals surface area (Å²) in [4.78, 5) is 15.2. The molecule has 1 saturated carbocycles. The first-order valence-corrected chi connectivity index (χ1v) is 4.79. The highest BCUT2D eigenvalue weighted by atomic mass is 16.4. The van der Waals surface area contributed by atoms with E-state index in [1.807, 2.05) is 6.92 Å². The van der Waals surface area contributed by atoms with Gasteiger partial charge in [-0.2, -0.15) is 0 Å². The van der Waals surface area contributed by atoms with Crippen molar-refractivity contribution >= 4 is 5.97 Å². The number of hydrogen-bond acceptors (Lipinski definition) is 2. The van der Waals surface area contributed by atoms with E-state index in [0.29, 0.717) is 5.92 Å². The number of hydrogen-bond donors (Lipinski definition) is 1. The van der Waals surface area contributed by atoms with E-state index in [0.717, 1.165) is 18.4 Å². The van der Waals surface area contributed by atoms with Gasteiger partial charge in [-0.25, -0.2) is 0 Å². The van der Waals surface area contributed by atoms with Crippen LogP contribution >= 0.6 is 0 Å². The fraction of sp³-hybridized carbons (Fsp3) is 0.455. The molecule has 1 atom stereocenters. The summed E-state index contributed by atoms with van der Waals surface area (Å²) in [6.45, 7) is 1.81. The molecule has 0 saturated heterocycles. The highest BCUT2D eigenvalue weighted by molar-refractivity contribution is 5.81. The third kappa shape index (κ3) is 1.29. The Kier molecular flexibility index (Phi) is 2.02. The van der Waals surface area contributed by atoms with Crippen molar-refractivity contribution in [1.82, 2.24) is 4.98 Å².